The minimum absolute atomic E-state index is 0.00470. The third-order valence-electron chi connectivity index (χ3n) is 6.86. The van der Waals surface area contributed by atoms with Gasteiger partial charge in [-0.25, -0.2) is 0 Å². The van der Waals surface area contributed by atoms with Crippen molar-refractivity contribution in [2.45, 2.75) is 58.5 Å². The number of amides is 1. The number of piperidine rings is 2. The Morgan fingerprint density at radius 2 is 1.82 bits per heavy atom. The van der Waals surface area contributed by atoms with Crippen LogP contribution in [0.25, 0.3) is 10.9 Å². The number of hydrogen-bond acceptors (Lipinski definition) is 3. The third-order valence-corrected chi connectivity index (χ3v) is 6.86. The number of halogens is 3. The van der Waals surface area contributed by atoms with Crippen molar-refractivity contribution in [3.05, 3.63) is 41.6 Å². The Kier molecular flexibility index (Phi) is 8.38. The zero-order valence-corrected chi connectivity index (χ0v) is 20.2. The van der Waals surface area contributed by atoms with E-state index in [2.05, 4.69) is 23.9 Å². The van der Waals surface area contributed by atoms with Gasteiger partial charge < -0.3 is 9.80 Å². The van der Waals surface area contributed by atoms with Crippen LogP contribution in [0.4, 0.5) is 13.2 Å². The fourth-order valence-electron chi connectivity index (χ4n) is 5.20. The topological polar surface area (TPSA) is 36.4 Å². The van der Waals surface area contributed by atoms with Crippen molar-refractivity contribution in [2.24, 2.45) is 11.8 Å². The Morgan fingerprint density at radius 3 is 2.48 bits per heavy atom. The standard InChI is InChI=1S/C24H30F3N3O.C2H6/c1-16-12-18(15-30(14-16)22(31)13-17-7-10-29(2)11-8-17)19-5-6-21(24(25,26)27)23-20(19)4-3-9-28-23;1-2/h3-6,9,16-18H,7-8,10-15H2,1-2H3;1-2H3. The lowest BCUT2D eigenvalue weighted by molar-refractivity contribution is -0.136. The van der Waals surface area contributed by atoms with Gasteiger partial charge in [0.2, 0.25) is 5.91 Å². The predicted molar refractivity (Wildman–Crippen MR) is 126 cm³/mol. The van der Waals surface area contributed by atoms with Gasteiger partial charge in [-0.3, -0.25) is 9.78 Å². The van der Waals surface area contributed by atoms with Gasteiger partial charge >= 0.3 is 6.18 Å². The van der Waals surface area contributed by atoms with Gasteiger partial charge in [-0.05, 0) is 68.9 Å². The Morgan fingerprint density at radius 1 is 1.12 bits per heavy atom. The van der Waals surface area contributed by atoms with E-state index in [-0.39, 0.29) is 17.3 Å². The minimum atomic E-state index is -4.44. The maximum Gasteiger partial charge on any atom is 0.418 e. The Hall–Kier alpha value is -2.15. The van der Waals surface area contributed by atoms with Crippen molar-refractivity contribution in [1.82, 2.24) is 14.8 Å². The van der Waals surface area contributed by atoms with Crippen LogP contribution in [0.15, 0.2) is 30.5 Å². The van der Waals surface area contributed by atoms with Crippen molar-refractivity contribution in [2.75, 3.05) is 33.2 Å². The number of likely N-dealkylation sites (tertiary alicyclic amines) is 2. The highest BCUT2D eigenvalue weighted by atomic mass is 19.4. The molecule has 0 aliphatic carbocycles. The molecule has 2 aromatic rings. The van der Waals surface area contributed by atoms with Crippen LogP contribution in [-0.4, -0.2) is 53.9 Å². The molecule has 1 aromatic carbocycles. The second-order valence-corrected chi connectivity index (χ2v) is 9.39. The lowest BCUT2D eigenvalue weighted by Crippen LogP contribution is -2.43. The zero-order chi connectivity index (χ0) is 24.2. The van der Waals surface area contributed by atoms with Crippen LogP contribution in [0, 0.1) is 11.8 Å². The molecule has 0 radical (unpaired) electrons. The molecule has 2 atom stereocenters. The second-order valence-electron chi connectivity index (χ2n) is 9.39. The number of carbonyl (C=O) groups excluding carboxylic acids is 1. The first-order chi connectivity index (χ1) is 15.7. The minimum Gasteiger partial charge on any atom is -0.342 e. The van der Waals surface area contributed by atoms with Gasteiger partial charge in [-0.1, -0.05) is 32.9 Å². The monoisotopic (exact) mass is 463 g/mol. The van der Waals surface area contributed by atoms with Crippen molar-refractivity contribution >= 4 is 16.8 Å². The maximum atomic E-state index is 13.5. The van der Waals surface area contributed by atoms with Crippen molar-refractivity contribution in [1.29, 1.82) is 0 Å². The predicted octanol–water partition coefficient (Wildman–Crippen LogP) is 5.96. The maximum absolute atomic E-state index is 13.5. The van der Waals surface area contributed by atoms with E-state index in [1.54, 1.807) is 18.2 Å². The Balaban J connectivity index is 0.00000149. The molecule has 4 nitrogen and oxygen atoms in total. The highest BCUT2D eigenvalue weighted by Crippen LogP contribution is 2.39. The number of benzene rings is 1. The molecule has 2 saturated heterocycles. The second kappa shape index (κ2) is 10.9. The molecule has 7 heteroatoms. The quantitative estimate of drug-likeness (QED) is 0.563. The van der Waals surface area contributed by atoms with Crippen LogP contribution in [-0.2, 0) is 11.0 Å². The SMILES string of the molecule is CC.CC1CC(c2ccc(C(F)(F)F)c3ncccc23)CN(C(=O)CC2CCN(C)CC2)C1. The summed E-state index contributed by atoms with van der Waals surface area (Å²) in [4.78, 5) is 21.4. The molecule has 0 N–H and O–H groups in total. The number of nitrogens with zero attached hydrogens (tertiary/aromatic N) is 3. The molecule has 2 aliphatic heterocycles. The zero-order valence-electron chi connectivity index (χ0n) is 20.2. The summed E-state index contributed by atoms with van der Waals surface area (Å²) in [6.07, 6.45) is 0.480. The molecule has 3 heterocycles. The number of aromatic nitrogens is 1. The molecule has 0 spiro atoms. The first-order valence-corrected chi connectivity index (χ1v) is 12.1. The number of pyridine rings is 1. The summed E-state index contributed by atoms with van der Waals surface area (Å²) in [6, 6.07) is 6.14. The highest BCUT2D eigenvalue weighted by molar-refractivity contribution is 5.86. The van der Waals surface area contributed by atoms with Gasteiger partial charge in [0.05, 0.1) is 11.1 Å². The lowest BCUT2D eigenvalue weighted by atomic mass is 9.82. The molecular formula is C26H36F3N3O. The smallest absolute Gasteiger partial charge is 0.342 e. The van der Waals surface area contributed by atoms with E-state index < -0.39 is 11.7 Å². The van der Waals surface area contributed by atoms with Crippen LogP contribution >= 0.6 is 0 Å². The van der Waals surface area contributed by atoms with Crippen molar-refractivity contribution < 1.29 is 18.0 Å². The van der Waals surface area contributed by atoms with E-state index >= 15 is 0 Å². The largest absolute Gasteiger partial charge is 0.418 e. The molecular weight excluding hydrogens is 427 g/mol. The van der Waals surface area contributed by atoms with Crippen LogP contribution in [0.5, 0.6) is 0 Å². The van der Waals surface area contributed by atoms with E-state index in [9.17, 15) is 18.0 Å². The normalized spacial score (nSPS) is 22.7. The van der Waals surface area contributed by atoms with Crippen molar-refractivity contribution in [3.63, 3.8) is 0 Å². The van der Waals surface area contributed by atoms with Gasteiger partial charge in [-0.2, -0.15) is 13.2 Å². The number of alkyl halides is 3. The number of hydrogen-bond donors (Lipinski definition) is 0. The molecule has 1 amide bonds. The molecule has 2 unspecified atom stereocenters. The van der Waals surface area contributed by atoms with Gasteiger partial charge in [0.1, 0.15) is 0 Å². The molecule has 182 valence electrons. The summed E-state index contributed by atoms with van der Waals surface area (Å²) < 4.78 is 40.4. The number of rotatable bonds is 3. The summed E-state index contributed by atoms with van der Waals surface area (Å²) >= 11 is 0. The molecule has 0 bridgehead atoms. The molecule has 0 saturated carbocycles. The van der Waals surface area contributed by atoms with Gasteiger partial charge in [0.25, 0.3) is 0 Å². The Labute approximate surface area is 195 Å². The lowest BCUT2D eigenvalue weighted by Gasteiger charge is -2.38. The van der Waals surface area contributed by atoms with Crippen LogP contribution in [0.1, 0.15) is 63.5 Å². The molecule has 2 aliphatic rings. The van der Waals surface area contributed by atoms with E-state index in [1.165, 1.54) is 6.20 Å². The fourth-order valence-corrected chi connectivity index (χ4v) is 5.20. The molecule has 33 heavy (non-hydrogen) atoms. The van der Waals surface area contributed by atoms with Gasteiger partial charge in [-0.15, -0.1) is 0 Å². The summed E-state index contributed by atoms with van der Waals surface area (Å²) in [5, 5.41) is 0.541. The molecule has 2 fully saturated rings. The average Bonchev–Trinajstić information content (AvgIpc) is 2.80. The number of fused-ring (bicyclic) bond motifs is 1. The van der Waals surface area contributed by atoms with E-state index in [0.717, 1.165) is 50.5 Å². The van der Waals surface area contributed by atoms with Crippen LogP contribution in [0.3, 0.4) is 0 Å². The van der Waals surface area contributed by atoms with Gasteiger partial charge in [0, 0.05) is 37.0 Å². The highest BCUT2D eigenvalue weighted by Gasteiger charge is 2.36. The van der Waals surface area contributed by atoms with Crippen LogP contribution in [0.2, 0.25) is 0 Å². The van der Waals surface area contributed by atoms with E-state index in [4.69, 9.17) is 0 Å². The average molecular weight is 464 g/mol. The Bertz CT molecular complexity index is 938. The molecule has 1 aromatic heterocycles. The third kappa shape index (κ3) is 6.05. The summed E-state index contributed by atoms with van der Waals surface area (Å²) in [6.45, 7) is 9.46. The first-order valence-electron chi connectivity index (χ1n) is 12.1. The first kappa shape index (κ1) is 25.5. The fraction of sp³-hybridized carbons (Fsp3) is 0.615. The summed E-state index contributed by atoms with van der Waals surface area (Å²) in [5.74, 6) is 0.921. The van der Waals surface area contributed by atoms with E-state index in [0.29, 0.717) is 30.2 Å². The number of carbonyl (C=O) groups is 1. The molecule has 4 rings (SSSR count). The summed E-state index contributed by atoms with van der Waals surface area (Å²) in [5.41, 5.74) is 0.153. The van der Waals surface area contributed by atoms with Crippen LogP contribution < -0.4 is 0 Å². The van der Waals surface area contributed by atoms with E-state index in [1.807, 2.05) is 18.7 Å². The van der Waals surface area contributed by atoms with Crippen molar-refractivity contribution in [3.8, 4) is 0 Å². The van der Waals surface area contributed by atoms with Gasteiger partial charge in [0.15, 0.2) is 0 Å². The summed E-state index contributed by atoms with van der Waals surface area (Å²) in [7, 11) is 2.11.